The van der Waals surface area contributed by atoms with Gasteiger partial charge in [0.25, 0.3) is 0 Å². The Morgan fingerprint density at radius 2 is 1.93 bits per heavy atom. The molecule has 0 aliphatic carbocycles. The molecule has 1 aromatic rings. The Labute approximate surface area is 88.4 Å². The average molecular weight is 210 g/mol. The molecule has 0 bridgehead atoms. The highest BCUT2D eigenvalue weighted by molar-refractivity contribution is 6.30. The zero-order chi connectivity index (χ0) is 10.7. The Balaban J connectivity index is 2.89. The summed E-state index contributed by atoms with van der Waals surface area (Å²) in [5, 5.41) is 0.648. The van der Waals surface area contributed by atoms with Gasteiger partial charge in [0.05, 0.1) is 6.04 Å². The number of ketones is 1. The van der Waals surface area contributed by atoms with E-state index in [9.17, 15) is 4.79 Å². The normalized spacial score (nSPS) is 12.2. The third-order valence-corrected chi connectivity index (χ3v) is 2.31. The minimum absolute atomic E-state index is 0.0903. The van der Waals surface area contributed by atoms with Crippen LogP contribution in [0, 0.1) is 0 Å². The topological polar surface area (TPSA) is 43.1 Å². The van der Waals surface area contributed by atoms with Crippen molar-refractivity contribution < 1.29 is 4.79 Å². The number of nitrogens with two attached hydrogens (primary N) is 1. The molecule has 0 unspecified atom stereocenters. The Hall–Kier alpha value is -1.12. The first-order chi connectivity index (χ1) is 6.52. The highest BCUT2D eigenvalue weighted by Crippen LogP contribution is 2.20. The third kappa shape index (κ3) is 2.44. The summed E-state index contributed by atoms with van der Waals surface area (Å²) in [6, 6.07) is 6.63. The van der Waals surface area contributed by atoms with E-state index in [2.05, 4.69) is 6.58 Å². The van der Waals surface area contributed by atoms with Gasteiger partial charge in [-0.2, -0.15) is 0 Å². The van der Waals surface area contributed by atoms with Crippen LogP contribution in [0.3, 0.4) is 0 Å². The summed E-state index contributed by atoms with van der Waals surface area (Å²) in [6.45, 7) is 5.10. The van der Waals surface area contributed by atoms with E-state index in [0.29, 0.717) is 10.6 Å². The van der Waals surface area contributed by atoms with E-state index >= 15 is 0 Å². The van der Waals surface area contributed by atoms with Crippen LogP contribution in [0.25, 0.3) is 0 Å². The summed E-state index contributed by atoms with van der Waals surface area (Å²) in [7, 11) is 0. The van der Waals surface area contributed by atoms with Crippen molar-refractivity contribution in [3.05, 3.63) is 47.0 Å². The van der Waals surface area contributed by atoms with E-state index in [1.54, 1.807) is 24.3 Å². The molecule has 0 radical (unpaired) electrons. The lowest BCUT2D eigenvalue weighted by Crippen LogP contribution is -2.16. The zero-order valence-corrected chi connectivity index (χ0v) is 8.71. The fourth-order valence-corrected chi connectivity index (χ4v) is 1.22. The summed E-state index contributed by atoms with van der Waals surface area (Å²) in [4.78, 5) is 11.0. The molecule has 0 saturated heterocycles. The van der Waals surface area contributed by atoms with Crippen molar-refractivity contribution in [3.8, 4) is 0 Å². The van der Waals surface area contributed by atoms with Crippen molar-refractivity contribution in [3.63, 3.8) is 0 Å². The first-order valence-corrected chi connectivity index (χ1v) is 4.61. The van der Waals surface area contributed by atoms with Gasteiger partial charge in [0.2, 0.25) is 0 Å². The van der Waals surface area contributed by atoms with E-state index in [-0.39, 0.29) is 5.78 Å². The molecule has 0 aliphatic heterocycles. The van der Waals surface area contributed by atoms with Crippen molar-refractivity contribution >= 4 is 17.4 Å². The first kappa shape index (κ1) is 11.0. The second kappa shape index (κ2) is 4.40. The largest absolute Gasteiger partial charge is 0.320 e. The van der Waals surface area contributed by atoms with Crippen LogP contribution >= 0.6 is 11.6 Å². The molecule has 1 rings (SSSR count). The van der Waals surface area contributed by atoms with Gasteiger partial charge in [0, 0.05) is 10.6 Å². The molecule has 3 heteroatoms. The molecular formula is C11H12ClNO. The molecule has 14 heavy (non-hydrogen) atoms. The van der Waals surface area contributed by atoms with Crippen LogP contribution in [0.5, 0.6) is 0 Å². The predicted molar refractivity (Wildman–Crippen MR) is 58.2 cm³/mol. The molecule has 2 nitrogen and oxygen atoms in total. The minimum atomic E-state index is -0.440. The Bertz CT molecular complexity index is 356. The molecular weight excluding hydrogens is 198 g/mol. The zero-order valence-electron chi connectivity index (χ0n) is 7.96. The molecule has 0 aliphatic rings. The second-order valence-corrected chi connectivity index (χ2v) is 3.55. The summed E-state index contributed by atoms with van der Waals surface area (Å²) < 4.78 is 0. The number of benzene rings is 1. The lowest BCUT2D eigenvalue weighted by atomic mass is 9.98. The van der Waals surface area contributed by atoms with Crippen LogP contribution in [0.4, 0.5) is 0 Å². The molecule has 1 aromatic carbocycles. The number of hydrogen-bond donors (Lipinski definition) is 1. The fourth-order valence-electron chi connectivity index (χ4n) is 1.09. The number of rotatable bonds is 3. The van der Waals surface area contributed by atoms with Gasteiger partial charge in [-0.3, -0.25) is 4.79 Å². The number of carbonyl (C=O) groups is 1. The molecule has 0 amide bonds. The quantitative estimate of drug-likeness (QED) is 0.778. The van der Waals surface area contributed by atoms with Gasteiger partial charge >= 0.3 is 0 Å². The molecule has 2 N–H and O–H groups in total. The average Bonchev–Trinajstić information content (AvgIpc) is 2.16. The van der Waals surface area contributed by atoms with Gasteiger partial charge in [-0.1, -0.05) is 30.3 Å². The van der Waals surface area contributed by atoms with Crippen LogP contribution in [0.2, 0.25) is 5.02 Å². The van der Waals surface area contributed by atoms with Crippen molar-refractivity contribution in [1.29, 1.82) is 0 Å². The predicted octanol–water partition coefficient (Wildman–Crippen LogP) is 2.49. The van der Waals surface area contributed by atoms with E-state index < -0.39 is 6.04 Å². The van der Waals surface area contributed by atoms with Crippen LogP contribution in [-0.4, -0.2) is 5.78 Å². The van der Waals surface area contributed by atoms with Gasteiger partial charge in [-0.15, -0.1) is 0 Å². The fraction of sp³-hybridized carbons (Fsp3) is 0.182. The molecule has 0 heterocycles. The summed E-state index contributed by atoms with van der Waals surface area (Å²) in [6.07, 6.45) is 0. The number of halogens is 1. The monoisotopic (exact) mass is 209 g/mol. The number of Topliss-reactive ketones (excluding diaryl/α,β-unsaturated/α-hetero) is 1. The highest BCUT2D eigenvalue weighted by atomic mass is 35.5. The molecule has 74 valence electrons. The summed E-state index contributed by atoms with van der Waals surface area (Å²) >= 11 is 5.73. The lowest BCUT2D eigenvalue weighted by molar-refractivity contribution is -0.113. The summed E-state index contributed by atoms with van der Waals surface area (Å²) in [5.41, 5.74) is 7.08. The van der Waals surface area contributed by atoms with Crippen LogP contribution in [-0.2, 0) is 4.79 Å². The van der Waals surface area contributed by atoms with Crippen LogP contribution in [0.1, 0.15) is 18.5 Å². The molecule has 1 atom stereocenters. The molecule has 0 fully saturated rings. The third-order valence-electron chi connectivity index (χ3n) is 2.06. The van der Waals surface area contributed by atoms with Crippen molar-refractivity contribution in [2.75, 3.05) is 0 Å². The van der Waals surface area contributed by atoms with Crippen molar-refractivity contribution in [1.82, 2.24) is 0 Å². The maximum absolute atomic E-state index is 11.0. The van der Waals surface area contributed by atoms with Crippen molar-refractivity contribution in [2.45, 2.75) is 13.0 Å². The lowest BCUT2D eigenvalue weighted by Gasteiger charge is -2.12. The molecule has 0 saturated carbocycles. The maximum Gasteiger partial charge on any atom is 0.157 e. The smallest absolute Gasteiger partial charge is 0.157 e. The highest BCUT2D eigenvalue weighted by Gasteiger charge is 2.12. The first-order valence-electron chi connectivity index (χ1n) is 4.23. The van der Waals surface area contributed by atoms with Gasteiger partial charge in [-0.25, -0.2) is 0 Å². The summed E-state index contributed by atoms with van der Waals surface area (Å²) in [5.74, 6) is -0.0903. The van der Waals surface area contributed by atoms with Crippen LogP contribution < -0.4 is 5.73 Å². The molecule has 0 spiro atoms. The van der Waals surface area contributed by atoms with Gasteiger partial charge < -0.3 is 5.73 Å². The Morgan fingerprint density at radius 3 is 2.36 bits per heavy atom. The molecule has 0 aromatic heterocycles. The minimum Gasteiger partial charge on any atom is -0.320 e. The Kier molecular flexibility index (Phi) is 3.44. The number of hydrogen-bond acceptors (Lipinski definition) is 2. The number of carbonyl (C=O) groups excluding carboxylic acids is 1. The Morgan fingerprint density at radius 1 is 1.43 bits per heavy atom. The maximum atomic E-state index is 11.0. The van der Waals surface area contributed by atoms with E-state index in [1.165, 1.54) is 6.92 Å². The van der Waals surface area contributed by atoms with E-state index in [4.69, 9.17) is 17.3 Å². The second-order valence-electron chi connectivity index (χ2n) is 3.11. The van der Waals surface area contributed by atoms with E-state index in [0.717, 1.165) is 5.56 Å². The van der Waals surface area contributed by atoms with Crippen molar-refractivity contribution in [2.24, 2.45) is 5.73 Å². The standard InChI is InChI=1S/C11H12ClNO/c1-7(8(2)14)11(13)9-3-5-10(12)6-4-9/h3-6,11H,1,13H2,2H3/t11-/m0/s1. The van der Waals surface area contributed by atoms with E-state index in [1.807, 2.05) is 0 Å². The van der Waals surface area contributed by atoms with Gasteiger partial charge in [0.1, 0.15) is 0 Å². The van der Waals surface area contributed by atoms with Crippen LogP contribution in [0.15, 0.2) is 36.4 Å². The van der Waals surface area contributed by atoms with Gasteiger partial charge in [0.15, 0.2) is 5.78 Å². The van der Waals surface area contributed by atoms with Gasteiger partial charge in [-0.05, 0) is 24.6 Å². The SMILES string of the molecule is C=C(C(C)=O)[C@H](N)c1ccc(Cl)cc1.